The number of hydrogen-bond acceptors (Lipinski definition) is 10. The number of ether oxygens (including phenoxy) is 5. The maximum Gasteiger partial charge on any atom is 0.271 e. The van der Waals surface area contributed by atoms with Crippen molar-refractivity contribution in [3.63, 3.8) is 0 Å². The Hall–Kier alpha value is -2.65. The Morgan fingerprint density at radius 3 is 2.12 bits per heavy atom. The number of carbonyl (C=O) groups excluding carboxylic acids is 1. The van der Waals surface area contributed by atoms with Crippen molar-refractivity contribution in [1.29, 1.82) is 5.41 Å². The van der Waals surface area contributed by atoms with Crippen molar-refractivity contribution in [3.8, 4) is 5.75 Å². The second-order valence-electron chi connectivity index (χ2n) is 8.35. The number of methoxy groups -OCH3 is 1. The van der Waals surface area contributed by atoms with E-state index in [4.69, 9.17) is 57.9 Å². The van der Waals surface area contributed by atoms with Gasteiger partial charge in [-0.25, -0.2) is 4.99 Å². The van der Waals surface area contributed by atoms with Crippen LogP contribution in [0.15, 0.2) is 40.8 Å². The Morgan fingerprint density at radius 1 is 1.05 bits per heavy atom. The molecule has 15 heteroatoms. The Morgan fingerprint density at radius 2 is 1.60 bits per heavy atom. The Labute approximate surface area is 246 Å². The highest BCUT2D eigenvalue weighted by molar-refractivity contribution is 6.67. The number of carbonyl (C=O) groups is 1. The molecule has 1 atom stereocenters. The van der Waals surface area contributed by atoms with Gasteiger partial charge in [0.15, 0.2) is 5.70 Å². The Bertz CT molecular complexity index is 981. The number of rotatable bonds is 18. The molecule has 40 heavy (non-hydrogen) atoms. The van der Waals surface area contributed by atoms with Crippen LogP contribution < -0.4 is 26.8 Å². The molecular weight excluding hydrogens is 565 g/mol. The van der Waals surface area contributed by atoms with Gasteiger partial charge in [-0.05, 0) is 30.7 Å². The van der Waals surface area contributed by atoms with Gasteiger partial charge in [0, 0.05) is 19.3 Å². The van der Waals surface area contributed by atoms with Gasteiger partial charge >= 0.3 is 0 Å². The summed E-state index contributed by atoms with van der Waals surface area (Å²) in [6.45, 7) is 6.38. The van der Waals surface area contributed by atoms with E-state index in [-0.39, 0.29) is 35.1 Å². The van der Waals surface area contributed by atoms with Crippen molar-refractivity contribution in [2.75, 3.05) is 71.4 Å². The molecule has 13 nitrogen and oxygen atoms in total. The van der Waals surface area contributed by atoms with Crippen LogP contribution in [0.1, 0.15) is 19.8 Å². The molecule has 0 fully saturated rings. The number of nitrogens with zero attached hydrogens (tertiary/aromatic N) is 3. The van der Waals surface area contributed by atoms with Gasteiger partial charge in [0.25, 0.3) is 5.91 Å². The quantitative estimate of drug-likeness (QED) is 0.109. The summed E-state index contributed by atoms with van der Waals surface area (Å²) in [6.07, 6.45) is 0.651. The second kappa shape index (κ2) is 19.4. The molecule has 0 aliphatic carbocycles. The Balaban J connectivity index is 0.00000800. The van der Waals surface area contributed by atoms with Crippen molar-refractivity contribution < 1.29 is 28.5 Å². The molecule has 1 heterocycles. The van der Waals surface area contributed by atoms with Crippen molar-refractivity contribution in [1.82, 2.24) is 4.90 Å². The normalized spacial score (nSPS) is 14.9. The molecule has 1 amide bonds. The van der Waals surface area contributed by atoms with Crippen LogP contribution in [0, 0.1) is 5.41 Å². The van der Waals surface area contributed by atoms with Crippen LogP contribution >= 0.6 is 24.0 Å². The van der Waals surface area contributed by atoms with Gasteiger partial charge in [0.1, 0.15) is 29.5 Å². The van der Waals surface area contributed by atoms with Crippen LogP contribution in [0.4, 0.5) is 5.69 Å². The molecule has 0 radical (unpaired) electrons. The summed E-state index contributed by atoms with van der Waals surface area (Å²) in [5.74, 6) is -0.413. The average molecular weight is 607 g/mol. The molecule has 1 aliphatic rings. The standard InChI is InChI=1S/C25H40ClN7O6.ClH/c1-3-4-9-32(25(30)33-22(27)20(24(29)34)31-21(26)23(33)28)18-5-7-19(8-6-18)39-17-16-38-15-14-37-13-12-36-11-10-35-2;/h5-8,23,30H,3-4,9-17,27-28H2,1-2H3,(H2,29,34);1H. The summed E-state index contributed by atoms with van der Waals surface area (Å²) in [5.41, 5.74) is 18.1. The SMILES string of the molecule is CCCCN(C(=N)N1C(N)=C(C(N)=O)N=C(Cl)C1N)c1ccc(OCCOCCOCCOCCOC)cc1.Cl. The summed E-state index contributed by atoms with van der Waals surface area (Å²) in [5, 5.41) is 8.77. The number of primary amides is 1. The summed E-state index contributed by atoms with van der Waals surface area (Å²) in [6, 6.07) is 7.24. The van der Waals surface area contributed by atoms with E-state index in [1.165, 1.54) is 4.90 Å². The summed E-state index contributed by atoms with van der Waals surface area (Å²) < 4.78 is 26.9. The van der Waals surface area contributed by atoms with Gasteiger partial charge in [-0.3, -0.25) is 15.1 Å². The lowest BCUT2D eigenvalue weighted by molar-refractivity contribution is -0.114. The predicted molar refractivity (Wildman–Crippen MR) is 157 cm³/mol. The first-order chi connectivity index (χ1) is 18.8. The van der Waals surface area contributed by atoms with E-state index in [1.54, 1.807) is 24.1 Å². The molecule has 0 bridgehead atoms. The third-order valence-corrected chi connectivity index (χ3v) is 5.82. The fourth-order valence-corrected chi connectivity index (χ4v) is 3.64. The predicted octanol–water partition coefficient (Wildman–Crippen LogP) is 1.58. The van der Waals surface area contributed by atoms with Crippen LogP contribution in [-0.4, -0.2) is 94.6 Å². The van der Waals surface area contributed by atoms with Crippen LogP contribution in [0.25, 0.3) is 0 Å². The van der Waals surface area contributed by atoms with Crippen molar-refractivity contribution in [3.05, 3.63) is 35.8 Å². The van der Waals surface area contributed by atoms with Crippen molar-refractivity contribution in [2.24, 2.45) is 22.2 Å². The lowest BCUT2D eigenvalue weighted by atomic mass is 10.2. The molecule has 1 aromatic rings. The molecular formula is C25H41Cl2N7O6. The van der Waals surface area contributed by atoms with E-state index in [9.17, 15) is 4.79 Å². The van der Waals surface area contributed by atoms with Gasteiger partial charge < -0.3 is 45.8 Å². The molecule has 1 aromatic carbocycles. The lowest BCUT2D eigenvalue weighted by Crippen LogP contribution is -2.57. The highest BCUT2D eigenvalue weighted by atomic mass is 35.5. The lowest BCUT2D eigenvalue weighted by Gasteiger charge is -2.38. The van der Waals surface area contributed by atoms with Crippen LogP contribution in [0.3, 0.4) is 0 Å². The van der Waals surface area contributed by atoms with Crippen molar-refractivity contribution >= 4 is 46.7 Å². The molecule has 7 N–H and O–H groups in total. The summed E-state index contributed by atoms with van der Waals surface area (Å²) >= 11 is 6.14. The number of nitrogens with two attached hydrogens (primary N) is 3. The zero-order valence-corrected chi connectivity index (χ0v) is 24.5. The smallest absolute Gasteiger partial charge is 0.271 e. The molecule has 0 saturated heterocycles. The number of amides is 1. The van der Waals surface area contributed by atoms with Crippen LogP contribution in [-0.2, 0) is 23.7 Å². The minimum Gasteiger partial charge on any atom is -0.491 e. The zero-order valence-electron chi connectivity index (χ0n) is 23.0. The van der Waals surface area contributed by atoms with Gasteiger partial charge in [0.2, 0.25) is 5.96 Å². The topological polar surface area (TPSA) is 184 Å². The minimum atomic E-state index is -1.03. The van der Waals surface area contributed by atoms with Gasteiger partial charge in [-0.1, -0.05) is 24.9 Å². The molecule has 0 aromatic heterocycles. The first-order valence-corrected chi connectivity index (χ1v) is 13.1. The Kier molecular flexibility index (Phi) is 17.2. The number of hydrogen-bond donors (Lipinski definition) is 4. The maximum atomic E-state index is 11.8. The molecule has 1 aliphatic heterocycles. The molecule has 1 unspecified atom stereocenters. The zero-order chi connectivity index (χ0) is 28.6. The van der Waals surface area contributed by atoms with Crippen LogP contribution in [0.5, 0.6) is 5.75 Å². The maximum absolute atomic E-state index is 11.8. The van der Waals surface area contributed by atoms with E-state index in [0.29, 0.717) is 70.8 Å². The van der Waals surface area contributed by atoms with Crippen molar-refractivity contribution in [2.45, 2.75) is 25.9 Å². The third-order valence-electron chi connectivity index (χ3n) is 5.52. The minimum absolute atomic E-state index is 0. The fraction of sp³-hybridized carbons (Fsp3) is 0.560. The second-order valence-corrected chi connectivity index (χ2v) is 8.74. The first kappa shape index (κ1) is 35.4. The van der Waals surface area contributed by atoms with Gasteiger partial charge in [-0.2, -0.15) is 0 Å². The first-order valence-electron chi connectivity index (χ1n) is 12.7. The fourth-order valence-electron chi connectivity index (χ4n) is 3.46. The van der Waals surface area contributed by atoms with E-state index in [1.807, 2.05) is 19.1 Å². The number of benzene rings is 1. The molecule has 2 rings (SSSR count). The molecule has 226 valence electrons. The number of halogens is 2. The van der Waals surface area contributed by atoms with E-state index in [2.05, 4.69) is 4.99 Å². The van der Waals surface area contributed by atoms with Crippen LogP contribution in [0.2, 0.25) is 0 Å². The highest BCUT2D eigenvalue weighted by Gasteiger charge is 2.34. The third kappa shape index (κ3) is 11.1. The summed E-state index contributed by atoms with van der Waals surface area (Å²) in [4.78, 5) is 18.6. The number of anilines is 1. The van der Waals surface area contributed by atoms with Gasteiger partial charge in [0.05, 0.1) is 46.2 Å². The number of unbranched alkanes of at least 4 members (excludes halogenated alkanes) is 1. The van der Waals surface area contributed by atoms with E-state index >= 15 is 0 Å². The van der Waals surface area contributed by atoms with Gasteiger partial charge in [-0.15, -0.1) is 12.4 Å². The number of guanidine groups is 1. The van der Waals surface area contributed by atoms with E-state index < -0.39 is 12.1 Å². The average Bonchev–Trinajstić information content (AvgIpc) is 2.92. The highest BCUT2D eigenvalue weighted by Crippen LogP contribution is 2.25. The monoisotopic (exact) mass is 605 g/mol. The summed E-state index contributed by atoms with van der Waals surface area (Å²) in [7, 11) is 1.63. The number of aliphatic imine (C=N–C) groups is 1. The van der Waals surface area contributed by atoms with E-state index in [0.717, 1.165) is 12.8 Å². The molecule has 0 spiro atoms. The largest absolute Gasteiger partial charge is 0.491 e. The molecule has 0 saturated carbocycles. The number of nitrogens with one attached hydrogen (secondary N) is 1.